The fourth-order valence-corrected chi connectivity index (χ4v) is 0.958. The first-order chi connectivity index (χ1) is 8.11. The molecule has 17 heavy (non-hydrogen) atoms. The highest BCUT2D eigenvalue weighted by atomic mass is 19.1. The average Bonchev–Trinajstić information content (AvgIpc) is 2.29. The van der Waals surface area contributed by atoms with Crippen molar-refractivity contribution in [2.75, 3.05) is 11.9 Å². The van der Waals surface area contributed by atoms with E-state index >= 15 is 0 Å². The Labute approximate surface area is 95.2 Å². The Morgan fingerprint density at radius 2 is 2.00 bits per heavy atom. The standard InChI is InChI=1S/C9H8FN5O2/c10-6-1-3-7(4-2-6)13-9(17)14-8(16)5-12-15-11/h1-4H,5H2,(H2,13,14,16,17). The Balaban J connectivity index is 2.47. The molecule has 1 rings (SSSR count). The molecular formula is C9H8FN5O2. The maximum absolute atomic E-state index is 12.5. The minimum atomic E-state index is -0.783. The smallest absolute Gasteiger partial charge is 0.308 e. The fraction of sp³-hybridized carbons (Fsp3) is 0.111. The van der Waals surface area contributed by atoms with Crippen molar-refractivity contribution in [1.29, 1.82) is 0 Å². The molecule has 0 aliphatic carbocycles. The van der Waals surface area contributed by atoms with Crippen LogP contribution in [0, 0.1) is 5.82 Å². The summed E-state index contributed by atoms with van der Waals surface area (Å²) in [6.45, 7) is -0.465. The number of amides is 3. The molecule has 0 spiro atoms. The third kappa shape index (κ3) is 4.63. The quantitative estimate of drug-likeness (QED) is 0.475. The summed E-state index contributed by atoms with van der Waals surface area (Å²) in [6.07, 6.45) is 0. The Morgan fingerprint density at radius 3 is 2.59 bits per heavy atom. The number of imide groups is 1. The van der Waals surface area contributed by atoms with Gasteiger partial charge in [-0.25, -0.2) is 9.18 Å². The third-order valence-corrected chi connectivity index (χ3v) is 1.63. The first-order valence-electron chi connectivity index (χ1n) is 4.49. The molecule has 0 atom stereocenters. The summed E-state index contributed by atoms with van der Waals surface area (Å²) in [7, 11) is 0. The zero-order valence-electron chi connectivity index (χ0n) is 8.55. The first kappa shape index (κ1) is 12.5. The van der Waals surface area contributed by atoms with Crippen molar-refractivity contribution in [3.05, 3.63) is 40.5 Å². The number of nitrogens with one attached hydrogen (secondary N) is 2. The van der Waals surface area contributed by atoms with E-state index in [-0.39, 0.29) is 0 Å². The van der Waals surface area contributed by atoms with E-state index in [9.17, 15) is 14.0 Å². The zero-order chi connectivity index (χ0) is 12.7. The number of rotatable bonds is 3. The lowest BCUT2D eigenvalue weighted by atomic mass is 10.3. The van der Waals surface area contributed by atoms with Crippen LogP contribution < -0.4 is 10.6 Å². The van der Waals surface area contributed by atoms with Gasteiger partial charge in [0.25, 0.3) is 0 Å². The monoisotopic (exact) mass is 237 g/mol. The number of anilines is 1. The van der Waals surface area contributed by atoms with Gasteiger partial charge in [-0.2, -0.15) is 0 Å². The van der Waals surface area contributed by atoms with Crippen LogP contribution in [0.3, 0.4) is 0 Å². The number of carbonyl (C=O) groups excluding carboxylic acids is 2. The second-order valence-electron chi connectivity index (χ2n) is 2.90. The van der Waals surface area contributed by atoms with Crippen molar-refractivity contribution in [2.24, 2.45) is 5.11 Å². The molecule has 0 aromatic heterocycles. The summed E-state index contributed by atoms with van der Waals surface area (Å²) in [5, 5.41) is 7.22. The number of carbonyl (C=O) groups is 2. The Morgan fingerprint density at radius 1 is 1.35 bits per heavy atom. The lowest BCUT2D eigenvalue weighted by Crippen LogP contribution is -2.35. The molecule has 1 aromatic carbocycles. The predicted octanol–water partition coefficient (Wildman–Crippen LogP) is 1.78. The molecule has 0 radical (unpaired) electrons. The SMILES string of the molecule is [N-]=[N+]=NCC(=O)NC(=O)Nc1ccc(F)cc1. The molecule has 7 nitrogen and oxygen atoms in total. The van der Waals surface area contributed by atoms with Gasteiger partial charge in [-0.1, -0.05) is 5.11 Å². The molecule has 88 valence electrons. The van der Waals surface area contributed by atoms with E-state index in [4.69, 9.17) is 5.53 Å². The lowest BCUT2D eigenvalue weighted by molar-refractivity contribution is -0.118. The molecule has 0 saturated carbocycles. The Kier molecular flexibility index (Phi) is 4.46. The van der Waals surface area contributed by atoms with Crippen molar-refractivity contribution in [3.63, 3.8) is 0 Å². The summed E-state index contributed by atoms with van der Waals surface area (Å²) in [5.41, 5.74) is 8.29. The molecule has 3 amide bonds. The van der Waals surface area contributed by atoms with Crippen LogP contribution in [0.25, 0.3) is 10.4 Å². The van der Waals surface area contributed by atoms with E-state index in [1.165, 1.54) is 12.1 Å². The number of halogens is 1. The van der Waals surface area contributed by atoms with Gasteiger partial charge >= 0.3 is 6.03 Å². The molecule has 0 aliphatic heterocycles. The van der Waals surface area contributed by atoms with Crippen LogP contribution in [0.2, 0.25) is 0 Å². The van der Waals surface area contributed by atoms with Crippen molar-refractivity contribution in [2.45, 2.75) is 0 Å². The molecule has 1 aromatic rings. The topological polar surface area (TPSA) is 107 Å². The molecule has 0 bridgehead atoms. The normalized spacial score (nSPS) is 9.00. The van der Waals surface area contributed by atoms with E-state index in [1.54, 1.807) is 0 Å². The van der Waals surface area contributed by atoms with Crippen LogP contribution >= 0.6 is 0 Å². The van der Waals surface area contributed by atoms with Crippen LogP contribution in [0.5, 0.6) is 0 Å². The van der Waals surface area contributed by atoms with Gasteiger partial charge in [-0.15, -0.1) is 0 Å². The van der Waals surface area contributed by atoms with Crippen molar-refractivity contribution >= 4 is 17.6 Å². The molecule has 8 heteroatoms. The number of urea groups is 1. The van der Waals surface area contributed by atoms with Crippen LogP contribution in [0.4, 0.5) is 14.9 Å². The molecule has 0 saturated heterocycles. The highest BCUT2D eigenvalue weighted by Gasteiger charge is 2.06. The van der Waals surface area contributed by atoms with E-state index in [0.29, 0.717) is 5.69 Å². The van der Waals surface area contributed by atoms with E-state index in [2.05, 4.69) is 15.3 Å². The Bertz CT molecular complexity index is 467. The van der Waals surface area contributed by atoms with E-state index in [1.807, 2.05) is 5.32 Å². The second kappa shape index (κ2) is 6.09. The largest absolute Gasteiger partial charge is 0.325 e. The van der Waals surface area contributed by atoms with Crippen molar-refractivity contribution < 1.29 is 14.0 Å². The number of hydrogen-bond donors (Lipinski definition) is 2. The Hall–Kier alpha value is -2.60. The van der Waals surface area contributed by atoms with Crippen LogP contribution in [0.1, 0.15) is 0 Å². The highest BCUT2D eigenvalue weighted by Crippen LogP contribution is 2.07. The van der Waals surface area contributed by atoms with E-state index in [0.717, 1.165) is 12.1 Å². The van der Waals surface area contributed by atoms with Gasteiger partial charge in [-0.05, 0) is 29.8 Å². The van der Waals surface area contributed by atoms with Gasteiger partial charge < -0.3 is 5.32 Å². The van der Waals surface area contributed by atoms with Gasteiger partial charge in [0.1, 0.15) is 12.4 Å². The zero-order valence-corrected chi connectivity index (χ0v) is 8.55. The average molecular weight is 237 g/mol. The lowest BCUT2D eigenvalue weighted by Gasteiger charge is -2.05. The van der Waals surface area contributed by atoms with Crippen LogP contribution in [0.15, 0.2) is 29.4 Å². The second-order valence-corrected chi connectivity index (χ2v) is 2.90. The van der Waals surface area contributed by atoms with Crippen LogP contribution in [-0.2, 0) is 4.79 Å². The summed E-state index contributed by atoms with van der Waals surface area (Å²) in [6, 6.07) is 4.23. The van der Waals surface area contributed by atoms with Gasteiger partial charge in [0.05, 0.1) is 0 Å². The molecule has 0 unspecified atom stereocenters. The van der Waals surface area contributed by atoms with Crippen molar-refractivity contribution in [3.8, 4) is 0 Å². The molecule has 0 fully saturated rings. The minimum Gasteiger partial charge on any atom is -0.308 e. The highest BCUT2D eigenvalue weighted by molar-refractivity contribution is 6.01. The van der Waals surface area contributed by atoms with Gasteiger partial charge in [0.2, 0.25) is 5.91 Å². The molecule has 2 N–H and O–H groups in total. The summed E-state index contributed by atoms with van der Waals surface area (Å²) in [4.78, 5) is 24.5. The minimum absolute atomic E-state index is 0.334. The summed E-state index contributed by atoms with van der Waals surface area (Å²) in [5.74, 6) is -1.17. The van der Waals surface area contributed by atoms with E-state index < -0.39 is 24.3 Å². The predicted molar refractivity (Wildman–Crippen MR) is 57.6 cm³/mol. The summed E-state index contributed by atoms with van der Waals surface area (Å²) < 4.78 is 12.5. The number of hydrogen-bond acceptors (Lipinski definition) is 3. The number of nitrogens with zero attached hydrogens (tertiary/aromatic N) is 3. The number of benzene rings is 1. The molecular weight excluding hydrogens is 229 g/mol. The third-order valence-electron chi connectivity index (χ3n) is 1.63. The summed E-state index contributed by atoms with van der Waals surface area (Å²) >= 11 is 0. The molecule has 0 heterocycles. The van der Waals surface area contributed by atoms with Crippen LogP contribution in [-0.4, -0.2) is 18.5 Å². The maximum Gasteiger partial charge on any atom is 0.325 e. The van der Waals surface area contributed by atoms with Gasteiger partial charge in [-0.3, -0.25) is 10.1 Å². The molecule has 0 aliphatic rings. The first-order valence-corrected chi connectivity index (χ1v) is 4.49. The number of azide groups is 1. The fourth-order valence-electron chi connectivity index (χ4n) is 0.958. The van der Waals surface area contributed by atoms with Gasteiger partial charge in [0, 0.05) is 10.6 Å². The van der Waals surface area contributed by atoms with Gasteiger partial charge in [0.15, 0.2) is 0 Å². The maximum atomic E-state index is 12.5. The van der Waals surface area contributed by atoms with Crippen molar-refractivity contribution in [1.82, 2.24) is 5.32 Å².